The highest BCUT2D eigenvalue weighted by Gasteiger charge is 2.11. The molecule has 0 saturated carbocycles. The van der Waals surface area contributed by atoms with Gasteiger partial charge in [0.1, 0.15) is 18.1 Å². The molecule has 1 N–H and O–H groups in total. The first-order valence-electron chi connectivity index (χ1n) is 7.05. The Kier molecular flexibility index (Phi) is 4.85. The van der Waals surface area contributed by atoms with Gasteiger partial charge in [0.05, 0.1) is 6.26 Å². The van der Waals surface area contributed by atoms with Crippen molar-refractivity contribution in [1.29, 1.82) is 0 Å². The lowest BCUT2D eigenvalue weighted by Crippen LogP contribution is -2.08. The van der Waals surface area contributed by atoms with Gasteiger partial charge in [-0.05, 0) is 43.1 Å². The van der Waals surface area contributed by atoms with Crippen molar-refractivity contribution in [3.8, 4) is 5.75 Å². The molecule has 3 heteroatoms. The summed E-state index contributed by atoms with van der Waals surface area (Å²) in [7, 11) is 1.93. The van der Waals surface area contributed by atoms with Gasteiger partial charge in [-0.25, -0.2) is 0 Å². The number of hydrogen-bond donors (Lipinski definition) is 1. The molecule has 0 atom stereocenters. The average molecular weight is 273 g/mol. The minimum absolute atomic E-state index is 0.443. The first kappa shape index (κ1) is 14.7. The van der Waals surface area contributed by atoms with E-state index in [-0.39, 0.29) is 0 Å². The second-order valence-electron chi connectivity index (χ2n) is 5.38. The Morgan fingerprint density at radius 1 is 1.25 bits per heavy atom. The summed E-state index contributed by atoms with van der Waals surface area (Å²) in [4.78, 5) is 0. The molecular formula is C17H23NO2. The van der Waals surface area contributed by atoms with E-state index in [4.69, 9.17) is 9.15 Å². The van der Waals surface area contributed by atoms with Crippen LogP contribution in [0, 0.1) is 6.92 Å². The first-order chi connectivity index (χ1) is 9.61. The van der Waals surface area contributed by atoms with E-state index in [2.05, 4.69) is 44.3 Å². The second kappa shape index (κ2) is 6.62. The van der Waals surface area contributed by atoms with Crippen LogP contribution in [0.2, 0.25) is 0 Å². The van der Waals surface area contributed by atoms with Crippen molar-refractivity contribution in [2.45, 2.75) is 39.8 Å². The van der Waals surface area contributed by atoms with E-state index >= 15 is 0 Å². The van der Waals surface area contributed by atoms with E-state index in [1.54, 1.807) is 6.26 Å². The van der Waals surface area contributed by atoms with Crippen molar-refractivity contribution < 1.29 is 9.15 Å². The van der Waals surface area contributed by atoms with Crippen LogP contribution in [0.1, 0.15) is 42.2 Å². The highest BCUT2D eigenvalue weighted by molar-refractivity contribution is 5.39. The van der Waals surface area contributed by atoms with Gasteiger partial charge >= 0.3 is 0 Å². The van der Waals surface area contributed by atoms with E-state index in [0.717, 1.165) is 23.6 Å². The number of benzene rings is 1. The molecule has 0 radical (unpaired) electrons. The number of nitrogens with one attached hydrogen (secondary N) is 1. The molecule has 1 aromatic carbocycles. The molecule has 0 aliphatic rings. The minimum Gasteiger partial charge on any atom is -0.485 e. The second-order valence-corrected chi connectivity index (χ2v) is 5.38. The maximum atomic E-state index is 5.99. The summed E-state index contributed by atoms with van der Waals surface area (Å²) >= 11 is 0. The van der Waals surface area contributed by atoms with E-state index in [1.165, 1.54) is 11.1 Å². The Labute approximate surface area is 121 Å². The third-order valence-corrected chi connectivity index (χ3v) is 3.35. The lowest BCUT2D eigenvalue weighted by Gasteiger charge is -2.14. The van der Waals surface area contributed by atoms with E-state index < -0.39 is 0 Å². The van der Waals surface area contributed by atoms with Gasteiger partial charge in [0, 0.05) is 12.1 Å². The van der Waals surface area contributed by atoms with Crippen LogP contribution in [0.25, 0.3) is 0 Å². The van der Waals surface area contributed by atoms with Crippen LogP contribution >= 0.6 is 0 Å². The zero-order valence-electron chi connectivity index (χ0n) is 12.7. The fourth-order valence-corrected chi connectivity index (χ4v) is 2.23. The molecule has 2 aromatic rings. The lowest BCUT2D eigenvalue weighted by atomic mass is 10.0. The quantitative estimate of drug-likeness (QED) is 0.863. The molecule has 0 fully saturated rings. The van der Waals surface area contributed by atoms with Crippen molar-refractivity contribution in [1.82, 2.24) is 5.32 Å². The molecule has 108 valence electrons. The molecule has 0 unspecified atom stereocenters. The number of rotatable bonds is 6. The normalized spacial score (nSPS) is 11.1. The van der Waals surface area contributed by atoms with Crippen molar-refractivity contribution in [3.63, 3.8) is 0 Å². The van der Waals surface area contributed by atoms with Gasteiger partial charge in [0.2, 0.25) is 0 Å². The fourth-order valence-electron chi connectivity index (χ4n) is 2.23. The SMILES string of the molecule is CNCc1ccoc1COc1cc(C)ccc1C(C)C. The van der Waals surface area contributed by atoms with Gasteiger partial charge < -0.3 is 14.5 Å². The molecule has 0 saturated heterocycles. The lowest BCUT2D eigenvalue weighted by molar-refractivity contribution is 0.265. The molecule has 0 amide bonds. The summed E-state index contributed by atoms with van der Waals surface area (Å²) in [5, 5.41) is 3.13. The van der Waals surface area contributed by atoms with Gasteiger partial charge in [-0.1, -0.05) is 26.0 Å². The molecule has 1 aromatic heterocycles. The van der Waals surface area contributed by atoms with Gasteiger partial charge in [-0.3, -0.25) is 0 Å². The predicted octanol–water partition coefficient (Wildman–Crippen LogP) is 4.01. The fraction of sp³-hybridized carbons (Fsp3) is 0.412. The number of furan rings is 1. The van der Waals surface area contributed by atoms with Gasteiger partial charge in [-0.2, -0.15) is 0 Å². The Morgan fingerprint density at radius 3 is 2.75 bits per heavy atom. The topological polar surface area (TPSA) is 34.4 Å². The van der Waals surface area contributed by atoms with Crippen molar-refractivity contribution >= 4 is 0 Å². The monoisotopic (exact) mass is 273 g/mol. The molecule has 1 heterocycles. The highest BCUT2D eigenvalue weighted by atomic mass is 16.5. The van der Waals surface area contributed by atoms with Crippen LogP contribution in [0.4, 0.5) is 0 Å². The largest absolute Gasteiger partial charge is 0.485 e. The van der Waals surface area contributed by atoms with E-state index in [9.17, 15) is 0 Å². The molecule has 0 aliphatic carbocycles. The summed E-state index contributed by atoms with van der Waals surface area (Å²) in [6.45, 7) is 7.69. The third kappa shape index (κ3) is 3.42. The molecule has 0 spiro atoms. The first-order valence-corrected chi connectivity index (χ1v) is 7.05. The summed E-state index contributed by atoms with van der Waals surface area (Å²) < 4.78 is 11.5. The molecule has 3 nitrogen and oxygen atoms in total. The van der Waals surface area contributed by atoms with Gasteiger partial charge in [0.25, 0.3) is 0 Å². The molecular weight excluding hydrogens is 250 g/mol. The van der Waals surface area contributed by atoms with Gasteiger partial charge in [0.15, 0.2) is 0 Å². The molecule has 0 bridgehead atoms. The maximum absolute atomic E-state index is 5.99. The maximum Gasteiger partial charge on any atom is 0.146 e. The molecule has 2 rings (SSSR count). The summed E-state index contributed by atoms with van der Waals surface area (Å²) in [6, 6.07) is 8.35. The highest BCUT2D eigenvalue weighted by Crippen LogP contribution is 2.28. The third-order valence-electron chi connectivity index (χ3n) is 3.35. The minimum atomic E-state index is 0.443. The number of hydrogen-bond acceptors (Lipinski definition) is 3. The smallest absolute Gasteiger partial charge is 0.146 e. The Hall–Kier alpha value is -1.74. The number of ether oxygens (including phenoxy) is 1. The number of aryl methyl sites for hydroxylation is 1. The van der Waals surface area contributed by atoms with Crippen LogP contribution in [-0.2, 0) is 13.2 Å². The van der Waals surface area contributed by atoms with Gasteiger partial charge in [-0.15, -0.1) is 0 Å². The predicted molar refractivity (Wildman–Crippen MR) is 81.1 cm³/mol. The zero-order valence-corrected chi connectivity index (χ0v) is 12.7. The van der Waals surface area contributed by atoms with Crippen LogP contribution in [-0.4, -0.2) is 7.05 Å². The Bertz CT molecular complexity index is 558. The summed E-state index contributed by atoms with van der Waals surface area (Å²) in [6.07, 6.45) is 1.71. The molecule has 20 heavy (non-hydrogen) atoms. The Balaban J connectivity index is 2.14. The summed E-state index contributed by atoms with van der Waals surface area (Å²) in [5.41, 5.74) is 3.59. The van der Waals surface area contributed by atoms with Crippen LogP contribution < -0.4 is 10.1 Å². The van der Waals surface area contributed by atoms with Crippen LogP contribution in [0.3, 0.4) is 0 Å². The van der Waals surface area contributed by atoms with Crippen molar-refractivity contribution in [2.24, 2.45) is 0 Å². The Morgan fingerprint density at radius 2 is 2.05 bits per heavy atom. The van der Waals surface area contributed by atoms with Crippen LogP contribution in [0.5, 0.6) is 5.75 Å². The zero-order chi connectivity index (χ0) is 14.5. The van der Waals surface area contributed by atoms with Crippen molar-refractivity contribution in [3.05, 3.63) is 53.0 Å². The average Bonchev–Trinajstić information content (AvgIpc) is 2.84. The standard InChI is InChI=1S/C17H23NO2/c1-12(2)15-6-5-13(3)9-16(15)20-11-17-14(10-18-4)7-8-19-17/h5-9,12,18H,10-11H2,1-4H3. The van der Waals surface area contributed by atoms with E-state index in [0.29, 0.717) is 12.5 Å². The van der Waals surface area contributed by atoms with Crippen LogP contribution in [0.15, 0.2) is 34.9 Å². The van der Waals surface area contributed by atoms with Crippen molar-refractivity contribution in [2.75, 3.05) is 7.05 Å². The summed E-state index contributed by atoms with van der Waals surface area (Å²) in [5.74, 6) is 2.28. The van der Waals surface area contributed by atoms with E-state index in [1.807, 2.05) is 13.1 Å². The molecule has 0 aliphatic heterocycles.